The van der Waals surface area contributed by atoms with Crippen molar-refractivity contribution < 1.29 is 4.92 Å². The van der Waals surface area contributed by atoms with Gasteiger partial charge in [-0.15, -0.1) is 0 Å². The van der Waals surface area contributed by atoms with Crippen LogP contribution in [0.25, 0.3) is 0 Å². The predicted molar refractivity (Wildman–Crippen MR) is 61.4 cm³/mol. The monoisotopic (exact) mass is 221 g/mol. The van der Waals surface area contributed by atoms with Crippen molar-refractivity contribution in [3.63, 3.8) is 0 Å². The molecule has 0 spiro atoms. The van der Waals surface area contributed by atoms with Crippen molar-refractivity contribution in [1.29, 1.82) is 0 Å². The Morgan fingerprint density at radius 1 is 1.31 bits per heavy atom. The van der Waals surface area contributed by atoms with Crippen molar-refractivity contribution in [1.82, 2.24) is 0 Å². The molecule has 2 saturated carbocycles. The molecule has 0 N–H and O–H groups in total. The van der Waals surface area contributed by atoms with Crippen molar-refractivity contribution in [2.24, 2.45) is 23.7 Å². The minimum atomic E-state index is -0.0765. The number of fused-ring (bicyclic) bond motifs is 1. The van der Waals surface area contributed by atoms with Crippen molar-refractivity contribution in [2.45, 2.75) is 45.4 Å². The first-order chi connectivity index (χ1) is 7.68. The second kappa shape index (κ2) is 3.57. The van der Waals surface area contributed by atoms with Gasteiger partial charge in [0.1, 0.15) is 0 Å². The van der Waals surface area contributed by atoms with Gasteiger partial charge in [-0.1, -0.05) is 6.92 Å². The normalized spacial score (nSPS) is 38.7. The molecule has 0 aromatic heterocycles. The zero-order valence-corrected chi connectivity index (χ0v) is 9.82. The Morgan fingerprint density at radius 3 is 2.69 bits per heavy atom. The highest BCUT2D eigenvalue weighted by atomic mass is 16.6. The highest BCUT2D eigenvalue weighted by Crippen LogP contribution is 2.53. The standard InChI is InChI=1S/C13H19NO2/c1-8-12(9-5-6-9)7-10-3-2-4-11(10)13(8)14(15)16/h8-10,12H,2-7H2,1H3. The first-order valence-electron chi connectivity index (χ1n) is 6.55. The molecule has 2 fully saturated rings. The SMILES string of the molecule is CC1C([N+](=O)[O-])=C2CCCC2CC1C1CC1. The molecule has 0 radical (unpaired) electrons. The zero-order chi connectivity index (χ0) is 11.3. The average Bonchev–Trinajstić information content (AvgIpc) is 2.96. The van der Waals surface area contributed by atoms with Crippen molar-refractivity contribution in [2.75, 3.05) is 0 Å². The third kappa shape index (κ3) is 1.48. The number of nitrogens with zero attached hydrogens (tertiary/aromatic N) is 1. The fourth-order valence-electron chi connectivity index (χ4n) is 3.95. The van der Waals surface area contributed by atoms with Gasteiger partial charge in [0, 0.05) is 5.57 Å². The first kappa shape index (κ1) is 10.3. The molecule has 3 unspecified atom stereocenters. The van der Waals surface area contributed by atoms with E-state index >= 15 is 0 Å². The molecule has 3 nitrogen and oxygen atoms in total. The summed E-state index contributed by atoms with van der Waals surface area (Å²) < 4.78 is 0. The molecular formula is C13H19NO2. The van der Waals surface area contributed by atoms with Crippen LogP contribution in [0.3, 0.4) is 0 Å². The molecule has 0 heterocycles. The number of rotatable bonds is 2. The smallest absolute Gasteiger partial charge is 0.248 e. The Bertz CT molecular complexity index is 357. The third-order valence-electron chi connectivity index (χ3n) is 4.87. The minimum Gasteiger partial charge on any atom is -0.259 e. The van der Waals surface area contributed by atoms with Gasteiger partial charge in [-0.05, 0) is 56.3 Å². The molecule has 0 saturated heterocycles. The van der Waals surface area contributed by atoms with Gasteiger partial charge in [0.25, 0.3) is 0 Å². The van der Waals surface area contributed by atoms with E-state index in [1.807, 2.05) is 0 Å². The molecule has 3 aliphatic rings. The highest BCUT2D eigenvalue weighted by molar-refractivity contribution is 5.22. The van der Waals surface area contributed by atoms with E-state index in [0.717, 1.165) is 12.3 Å². The lowest BCUT2D eigenvalue weighted by molar-refractivity contribution is -0.438. The number of hydrogen-bond acceptors (Lipinski definition) is 2. The molecule has 0 aliphatic heterocycles. The van der Waals surface area contributed by atoms with Gasteiger partial charge < -0.3 is 0 Å². The van der Waals surface area contributed by atoms with Crippen LogP contribution in [0.2, 0.25) is 0 Å². The molecule has 0 aromatic rings. The Morgan fingerprint density at radius 2 is 2.06 bits per heavy atom. The van der Waals surface area contributed by atoms with E-state index in [0.29, 0.717) is 17.5 Å². The van der Waals surface area contributed by atoms with Gasteiger partial charge in [0.15, 0.2) is 0 Å². The molecule has 3 heteroatoms. The van der Waals surface area contributed by atoms with Crippen molar-refractivity contribution in [3.8, 4) is 0 Å². The summed E-state index contributed by atoms with van der Waals surface area (Å²) in [5.74, 6) is 2.16. The molecule has 0 amide bonds. The molecule has 0 aromatic carbocycles. The van der Waals surface area contributed by atoms with Crippen LogP contribution in [0, 0.1) is 33.8 Å². The molecule has 16 heavy (non-hydrogen) atoms. The lowest BCUT2D eigenvalue weighted by Gasteiger charge is -2.31. The largest absolute Gasteiger partial charge is 0.259 e. The van der Waals surface area contributed by atoms with Gasteiger partial charge in [0.05, 0.1) is 10.8 Å². The summed E-state index contributed by atoms with van der Waals surface area (Å²) in [5.41, 5.74) is 1.81. The Kier molecular flexibility index (Phi) is 2.30. The highest BCUT2D eigenvalue weighted by Gasteiger charge is 2.47. The quantitative estimate of drug-likeness (QED) is 0.530. The number of allylic oxidation sites excluding steroid dienone is 2. The van der Waals surface area contributed by atoms with E-state index in [1.54, 1.807) is 0 Å². The maximum atomic E-state index is 11.2. The van der Waals surface area contributed by atoms with Crippen molar-refractivity contribution >= 4 is 0 Å². The van der Waals surface area contributed by atoms with Crippen LogP contribution in [0.5, 0.6) is 0 Å². The minimum absolute atomic E-state index is 0.0765. The van der Waals surface area contributed by atoms with E-state index in [1.165, 1.54) is 37.7 Å². The fraction of sp³-hybridized carbons (Fsp3) is 0.846. The van der Waals surface area contributed by atoms with E-state index in [2.05, 4.69) is 6.92 Å². The summed E-state index contributed by atoms with van der Waals surface area (Å²) >= 11 is 0. The second-order valence-electron chi connectivity index (χ2n) is 5.78. The van der Waals surface area contributed by atoms with Gasteiger partial charge in [-0.3, -0.25) is 10.1 Å². The number of hydrogen-bond donors (Lipinski definition) is 0. The topological polar surface area (TPSA) is 43.1 Å². The predicted octanol–water partition coefficient (Wildman–Crippen LogP) is 3.38. The van der Waals surface area contributed by atoms with Crippen molar-refractivity contribution in [3.05, 3.63) is 21.4 Å². The van der Waals surface area contributed by atoms with Gasteiger partial charge in [-0.2, -0.15) is 0 Å². The van der Waals surface area contributed by atoms with E-state index in [4.69, 9.17) is 0 Å². The van der Waals surface area contributed by atoms with Crippen LogP contribution in [-0.4, -0.2) is 4.92 Å². The molecule has 3 rings (SSSR count). The molecule has 3 aliphatic carbocycles. The lowest BCUT2D eigenvalue weighted by Crippen LogP contribution is -2.29. The maximum Gasteiger partial charge on any atom is 0.248 e. The van der Waals surface area contributed by atoms with Crippen LogP contribution in [0.4, 0.5) is 0 Å². The Hall–Kier alpha value is -0.860. The van der Waals surface area contributed by atoms with Crippen LogP contribution in [-0.2, 0) is 0 Å². The summed E-state index contributed by atoms with van der Waals surface area (Å²) in [6.45, 7) is 2.09. The van der Waals surface area contributed by atoms with Crippen LogP contribution in [0.15, 0.2) is 11.3 Å². The zero-order valence-electron chi connectivity index (χ0n) is 9.82. The van der Waals surface area contributed by atoms with E-state index in [9.17, 15) is 10.1 Å². The summed E-state index contributed by atoms with van der Waals surface area (Å²) in [6, 6.07) is 0. The van der Waals surface area contributed by atoms with Gasteiger partial charge in [-0.25, -0.2) is 0 Å². The summed E-state index contributed by atoms with van der Waals surface area (Å²) in [6.07, 6.45) is 7.20. The lowest BCUT2D eigenvalue weighted by atomic mass is 9.72. The van der Waals surface area contributed by atoms with Crippen LogP contribution in [0.1, 0.15) is 45.4 Å². The van der Waals surface area contributed by atoms with Crippen LogP contribution >= 0.6 is 0 Å². The fourth-order valence-corrected chi connectivity index (χ4v) is 3.95. The molecule has 0 bridgehead atoms. The Balaban J connectivity index is 1.96. The molecular weight excluding hydrogens is 202 g/mol. The van der Waals surface area contributed by atoms with Gasteiger partial charge in [0.2, 0.25) is 5.70 Å². The van der Waals surface area contributed by atoms with E-state index in [-0.39, 0.29) is 10.8 Å². The van der Waals surface area contributed by atoms with Crippen LogP contribution < -0.4 is 0 Å². The third-order valence-corrected chi connectivity index (χ3v) is 4.87. The summed E-state index contributed by atoms with van der Waals surface area (Å²) in [5, 5.41) is 11.2. The van der Waals surface area contributed by atoms with Gasteiger partial charge >= 0.3 is 0 Å². The second-order valence-corrected chi connectivity index (χ2v) is 5.78. The first-order valence-corrected chi connectivity index (χ1v) is 6.55. The van der Waals surface area contributed by atoms with E-state index < -0.39 is 0 Å². The average molecular weight is 221 g/mol. The summed E-state index contributed by atoms with van der Waals surface area (Å²) in [4.78, 5) is 11.2. The summed E-state index contributed by atoms with van der Waals surface area (Å²) in [7, 11) is 0. The Labute approximate surface area is 96.1 Å². The molecule has 3 atom stereocenters. The molecule has 88 valence electrons. The maximum absolute atomic E-state index is 11.2. The number of nitro groups is 1.